The first-order chi connectivity index (χ1) is 27.8. The molecule has 15 heteroatoms. The summed E-state index contributed by atoms with van der Waals surface area (Å²) in [4.78, 5) is 0. The normalized spacial score (nSPS) is 29.9. The molecule has 4 aromatic rings. The Bertz CT molecular complexity index is 1970. The van der Waals surface area contributed by atoms with Crippen molar-refractivity contribution in [2.45, 2.75) is 87.1 Å². The topological polar surface area (TPSA) is 197 Å². The summed E-state index contributed by atoms with van der Waals surface area (Å²) < 4.78 is 35.8. The average Bonchev–Trinajstić information content (AvgIpc) is 3.23. The Balaban J connectivity index is 1.33. The minimum absolute atomic E-state index is 0.148. The van der Waals surface area contributed by atoms with E-state index in [2.05, 4.69) is 0 Å². The largest absolute Gasteiger partial charge is 0.494 e. The van der Waals surface area contributed by atoms with Gasteiger partial charge in [-0.2, -0.15) is 0 Å². The van der Waals surface area contributed by atoms with Crippen LogP contribution < -0.4 is 9.47 Å². The maximum absolute atomic E-state index is 11.7. The van der Waals surface area contributed by atoms with Gasteiger partial charge in [0.05, 0.1) is 26.4 Å². The van der Waals surface area contributed by atoms with Crippen LogP contribution in [0.1, 0.15) is 47.2 Å². The monoisotopic (exact) mass is 844 g/mol. The number of aliphatic hydroxyl groups is 7. The fourth-order valence-electron chi connectivity index (χ4n) is 7.48. The van der Waals surface area contributed by atoms with E-state index in [4.69, 9.17) is 51.6 Å². The molecule has 0 amide bonds. The van der Waals surface area contributed by atoms with Crippen molar-refractivity contribution in [3.63, 3.8) is 0 Å². The van der Waals surface area contributed by atoms with Crippen LogP contribution in [0, 0.1) is 0 Å². The Hall–Kier alpha value is -3.38. The minimum atomic E-state index is -2.30. The molecule has 0 radical (unpaired) electrons. The zero-order valence-corrected chi connectivity index (χ0v) is 33.8. The second-order valence-electron chi connectivity index (χ2n) is 14.3. The van der Waals surface area contributed by atoms with E-state index in [1.165, 1.54) is 13.2 Å². The Labute approximate surface area is 346 Å². The van der Waals surface area contributed by atoms with Crippen molar-refractivity contribution in [1.82, 2.24) is 0 Å². The number of hydrogen-bond acceptors (Lipinski definition) is 13. The van der Waals surface area contributed by atoms with Crippen molar-refractivity contribution in [3.8, 4) is 11.5 Å². The number of rotatable bonds is 15. The highest BCUT2D eigenvalue weighted by Crippen LogP contribution is 2.44. The van der Waals surface area contributed by atoms with Gasteiger partial charge in [-0.05, 0) is 97.5 Å². The Morgan fingerprint density at radius 2 is 1.02 bits per heavy atom. The SMILES string of the molecule is CCOc1ccc(Cc2cc(C3(OC[C@H]4O[C@@](OC)(c5ccc(Cl)c(Cc6ccc(OCC)cc6)c5)[C@H](O)[C@@H](O)[C@@H]4O)O[C@H](CO)[C@@H](O)[C@H](O)[C@H]3O)ccc2Cl)cc1. The molecule has 58 heavy (non-hydrogen) atoms. The Kier molecular flexibility index (Phi) is 14.4. The molecular weight excluding hydrogens is 795 g/mol. The second kappa shape index (κ2) is 18.9. The summed E-state index contributed by atoms with van der Waals surface area (Å²) in [5.41, 5.74) is 3.43. The Morgan fingerprint density at radius 3 is 1.47 bits per heavy atom. The van der Waals surface area contributed by atoms with Crippen molar-refractivity contribution < 1.29 is 64.2 Å². The summed E-state index contributed by atoms with van der Waals surface area (Å²) in [7, 11) is 1.27. The molecule has 7 N–H and O–H groups in total. The molecular formula is C43H50Cl2O13. The van der Waals surface area contributed by atoms with Crippen molar-refractivity contribution in [2.75, 3.05) is 33.5 Å². The molecule has 2 aliphatic rings. The van der Waals surface area contributed by atoms with Crippen LogP contribution in [0.5, 0.6) is 11.5 Å². The zero-order chi connectivity index (χ0) is 41.8. The molecule has 0 saturated carbocycles. The molecule has 0 spiro atoms. The third-order valence-corrected chi connectivity index (χ3v) is 11.4. The molecule has 2 heterocycles. The summed E-state index contributed by atoms with van der Waals surface area (Å²) in [6, 6.07) is 24.4. The van der Waals surface area contributed by atoms with E-state index in [1.807, 2.05) is 62.4 Å². The van der Waals surface area contributed by atoms with Crippen LogP contribution in [0.25, 0.3) is 0 Å². The Morgan fingerprint density at radius 1 is 0.586 bits per heavy atom. The van der Waals surface area contributed by atoms with Crippen LogP contribution in [-0.2, 0) is 43.4 Å². The minimum Gasteiger partial charge on any atom is -0.494 e. The van der Waals surface area contributed by atoms with Gasteiger partial charge < -0.3 is 64.2 Å². The maximum Gasteiger partial charge on any atom is 0.225 e. The smallest absolute Gasteiger partial charge is 0.225 e. The fourth-order valence-corrected chi connectivity index (χ4v) is 7.85. The first kappa shape index (κ1) is 44.2. The van der Waals surface area contributed by atoms with Gasteiger partial charge in [0.1, 0.15) is 60.3 Å². The maximum atomic E-state index is 11.7. The van der Waals surface area contributed by atoms with E-state index in [1.54, 1.807) is 30.3 Å². The van der Waals surface area contributed by atoms with Crippen LogP contribution >= 0.6 is 23.2 Å². The lowest BCUT2D eigenvalue weighted by atomic mass is 9.86. The molecule has 2 aliphatic heterocycles. The molecule has 6 rings (SSSR count). The van der Waals surface area contributed by atoms with Gasteiger partial charge in [-0.15, -0.1) is 0 Å². The van der Waals surface area contributed by atoms with Gasteiger partial charge in [0.15, 0.2) is 0 Å². The first-order valence-electron chi connectivity index (χ1n) is 19.1. The number of halogens is 2. The average molecular weight is 846 g/mol. The summed E-state index contributed by atoms with van der Waals surface area (Å²) in [5, 5.41) is 78.6. The van der Waals surface area contributed by atoms with Gasteiger partial charge >= 0.3 is 0 Å². The van der Waals surface area contributed by atoms with Gasteiger partial charge in [-0.3, -0.25) is 0 Å². The van der Waals surface area contributed by atoms with Crippen molar-refractivity contribution in [1.29, 1.82) is 0 Å². The van der Waals surface area contributed by atoms with Crippen LogP contribution in [-0.4, -0.2) is 118 Å². The van der Waals surface area contributed by atoms with Crippen LogP contribution in [0.15, 0.2) is 84.9 Å². The van der Waals surface area contributed by atoms with Gasteiger partial charge in [0.25, 0.3) is 0 Å². The molecule has 0 bridgehead atoms. The van der Waals surface area contributed by atoms with E-state index in [9.17, 15) is 35.7 Å². The van der Waals surface area contributed by atoms with Gasteiger partial charge in [-0.1, -0.05) is 59.6 Å². The van der Waals surface area contributed by atoms with Crippen LogP contribution in [0.3, 0.4) is 0 Å². The molecule has 2 saturated heterocycles. The lowest BCUT2D eigenvalue weighted by molar-refractivity contribution is -0.400. The standard InChI is InChI=1S/C43H50Cl2O13/c1-4-54-30-12-6-24(7-13-30)18-26-20-28(10-16-32(26)44)42(53-3)40(51)39(50)37(48)35(58-42)23-56-43(41(52)38(49)36(47)34(22-46)57-43)29-11-17-33(45)27(21-29)19-25-8-14-31(15-9-25)55-5-2/h6-17,20-21,34-41,46-52H,4-5,18-19,22-23H2,1-3H3/t34-,35-,36-,37-,38+,39+,40-,41-,42+,43?/m1/s1. The van der Waals surface area contributed by atoms with E-state index >= 15 is 0 Å². The van der Waals surface area contributed by atoms with E-state index in [0.29, 0.717) is 53.0 Å². The molecule has 0 aromatic heterocycles. The third kappa shape index (κ3) is 8.89. The number of ether oxygens (including phenoxy) is 6. The van der Waals surface area contributed by atoms with Crippen LogP contribution in [0.2, 0.25) is 10.0 Å². The quantitative estimate of drug-likeness (QED) is 0.0918. The summed E-state index contributed by atoms with van der Waals surface area (Å²) in [6.07, 6.45) is -13.2. The molecule has 0 aliphatic carbocycles. The predicted molar refractivity (Wildman–Crippen MR) is 213 cm³/mol. The number of benzene rings is 4. The van der Waals surface area contributed by atoms with Crippen LogP contribution in [0.4, 0.5) is 0 Å². The predicted octanol–water partition coefficient (Wildman–Crippen LogP) is 3.60. The van der Waals surface area contributed by atoms with Gasteiger partial charge in [0, 0.05) is 28.3 Å². The molecule has 4 aromatic carbocycles. The lowest BCUT2D eigenvalue weighted by Crippen LogP contribution is -2.67. The van der Waals surface area contributed by atoms with Gasteiger partial charge in [0.2, 0.25) is 11.6 Å². The van der Waals surface area contributed by atoms with E-state index in [-0.39, 0.29) is 11.1 Å². The number of hydrogen-bond donors (Lipinski definition) is 7. The lowest BCUT2D eigenvalue weighted by Gasteiger charge is -2.51. The second-order valence-corrected chi connectivity index (χ2v) is 15.1. The van der Waals surface area contributed by atoms with E-state index < -0.39 is 73.6 Å². The molecule has 13 nitrogen and oxygen atoms in total. The number of aliphatic hydroxyl groups excluding tert-OH is 7. The highest BCUT2D eigenvalue weighted by Gasteiger charge is 2.59. The highest BCUT2D eigenvalue weighted by molar-refractivity contribution is 6.31. The molecule has 314 valence electrons. The summed E-state index contributed by atoms with van der Waals surface area (Å²) in [5.74, 6) is -2.95. The third-order valence-electron chi connectivity index (χ3n) is 10.6. The summed E-state index contributed by atoms with van der Waals surface area (Å²) in [6.45, 7) is 3.41. The molecule has 2 fully saturated rings. The van der Waals surface area contributed by atoms with E-state index in [0.717, 1.165) is 16.9 Å². The van der Waals surface area contributed by atoms with Gasteiger partial charge in [-0.25, -0.2) is 0 Å². The zero-order valence-electron chi connectivity index (χ0n) is 32.3. The van der Waals surface area contributed by atoms with Crippen molar-refractivity contribution in [2.24, 2.45) is 0 Å². The molecule has 1 unspecified atom stereocenters. The van der Waals surface area contributed by atoms with Crippen molar-refractivity contribution >= 4 is 23.2 Å². The van der Waals surface area contributed by atoms with Crippen molar-refractivity contribution in [3.05, 3.63) is 128 Å². The fraction of sp³-hybridized carbons (Fsp3) is 0.442. The first-order valence-corrected chi connectivity index (χ1v) is 19.8. The molecule has 10 atom stereocenters. The number of methoxy groups -OCH3 is 1. The summed E-state index contributed by atoms with van der Waals surface area (Å²) >= 11 is 13.3. The highest BCUT2D eigenvalue weighted by atomic mass is 35.5.